The van der Waals surface area contributed by atoms with Crippen molar-refractivity contribution < 1.29 is 18.0 Å². The SMILES string of the molecule is CC[C@H](C(=O)NC1CCCCC1)N(Cc1ccc(Cl)cc1)C(=O)CCCN(c1cc(C)ccc1C)S(C)(=O)=O. The van der Waals surface area contributed by atoms with Gasteiger partial charge in [-0.3, -0.25) is 13.9 Å². The molecule has 214 valence electrons. The van der Waals surface area contributed by atoms with E-state index in [0.29, 0.717) is 23.6 Å². The molecule has 0 saturated heterocycles. The maximum atomic E-state index is 13.7. The molecule has 3 rings (SSSR count). The summed E-state index contributed by atoms with van der Waals surface area (Å²) in [6.07, 6.45) is 7.45. The molecule has 7 nitrogen and oxygen atoms in total. The van der Waals surface area contributed by atoms with Crippen LogP contribution in [0.3, 0.4) is 0 Å². The summed E-state index contributed by atoms with van der Waals surface area (Å²) in [4.78, 5) is 28.7. The van der Waals surface area contributed by atoms with Gasteiger partial charge in [-0.1, -0.05) is 62.1 Å². The first kappa shape index (κ1) is 31.0. The predicted octanol–water partition coefficient (Wildman–Crippen LogP) is 5.76. The largest absolute Gasteiger partial charge is 0.352 e. The van der Waals surface area contributed by atoms with Crippen LogP contribution in [-0.4, -0.2) is 50.0 Å². The van der Waals surface area contributed by atoms with Gasteiger partial charge in [0, 0.05) is 30.6 Å². The Morgan fingerprint density at radius 3 is 2.33 bits per heavy atom. The maximum Gasteiger partial charge on any atom is 0.243 e. The number of nitrogens with zero attached hydrogens (tertiary/aromatic N) is 2. The van der Waals surface area contributed by atoms with Gasteiger partial charge in [0.1, 0.15) is 6.04 Å². The van der Waals surface area contributed by atoms with Gasteiger partial charge in [0.2, 0.25) is 21.8 Å². The van der Waals surface area contributed by atoms with Gasteiger partial charge in [-0.2, -0.15) is 0 Å². The van der Waals surface area contributed by atoms with E-state index in [0.717, 1.165) is 42.4 Å². The molecule has 1 aliphatic rings. The Morgan fingerprint density at radius 1 is 1.05 bits per heavy atom. The van der Waals surface area contributed by atoms with E-state index in [1.54, 1.807) is 17.0 Å². The van der Waals surface area contributed by atoms with Crippen molar-refractivity contribution >= 4 is 39.1 Å². The van der Waals surface area contributed by atoms with Crippen LogP contribution in [0.1, 0.15) is 75.0 Å². The molecule has 1 N–H and O–H groups in total. The average Bonchev–Trinajstić information content (AvgIpc) is 2.89. The van der Waals surface area contributed by atoms with E-state index in [-0.39, 0.29) is 37.4 Å². The Balaban J connectivity index is 1.77. The monoisotopic (exact) mass is 575 g/mol. The number of nitrogens with one attached hydrogen (secondary N) is 1. The van der Waals surface area contributed by atoms with Gasteiger partial charge in [0.05, 0.1) is 11.9 Å². The lowest BCUT2D eigenvalue weighted by atomic mass is 9.95. The number of hydrogen-bond donors (Lipinski definition) is 1. The third-order valence-corrected chi connectivity index (χ3v) is 8.82. The third-order valence-electron chi connectivity index (χ3n) is 7.39. The summed E-state index contributed by atoms with van der Waals surface area (Å²) in [6.45, 7) is 6.17. The van der Waals surface area contributed by atoms with Crippen molar-refractivity contribution in [3.63, 3.8) is 0 Å². The van der Waals surface area contributed by atoms with E-state index in [4.69, 9.17) is 11.6 Å². The van der Waals surface area contributed by atoms with Gasteiger partial charge in [0.25, 0.3) is 0 Å². The van der Waals surface area contributed by atoms with Crippen LogP contribution in [0, 0.1) is 13.8 Å². The number of anilines is 1. The number of hydrogen-bond acceptors (Lipinski definition) is 4. The highest BCUT2D eigenvalue weighted by Gasteiger charge is 2.30. The first-order valence-corrected chi connectivity index (χ1v) is 16.1. The fourth-order valence-corrected chi connectivity index (χ4v) is 6.36. The number of rotatable bonds is 12. The van der Waals surface area contributed by atoms with Gasteiger partial charge in [-0.15, -0.1) is 0 Å². The first-order valence-electron chi connectivity index (χ1n) is 13.9. The molecule has 0 bridgehead atoms. The number of aryl methyl sites for hydroxylation is 2. The summed E-state index contributed by atoms with van der Waals surface area (Å²) in [7, 11) is -3.55. The summed E-state index contributed by atoms with van der Waals surface area (Å²) in [5.41, 5.74) is 3.32. The zero-order chi connectivity index (χ0) is 28.6. The minimum Gasteiger partial charge on any atom is -0.352 e. The van der Waals surface area contributed by atoms with Crippen molar-refractivity contribution in [3.05, 3.63) is 64.2 Å². The predicted molar refractivity (Wildman–Crippen MR) is 158 cm³/mol. The topological polar surface area (TPSA) is 86.8 Å². The van der Waals surface area contributed by atoms with Crippen LogP contribution in [0.2, 0.25) is 5.02 Å². The van der Waals surface area contributed by atoms with Gasteiger partial charge in [0.15, 0.2) is 0 Å². The van der Waals surface area contributed by atoms with E-state index in [1.165, 1.54) is 17.0 Å². The molecule has 0 spiro atoms. The van der Waals surface area contributed by atoms with E-state index in [2.05, 4.69) is 5.32 Å². The van der Waals surface area contributed by atoms with Crippen molar-refractivity contribution in [3.8, 4) is 0 Å². The number of halogens is 1. The minimum absolute atomic E-state index is 0.123. The number of sulfonamides is 1. The van der Waals surface area contributed by atoms with E-state index < -0.39 is 16.1 Å². The highest BCUT2D eigenvalue weighted by Crippen LogP contribution is 2.25. The molecule has 1 saturated carbocycles. The van der Waals surface area contributed by atoms with Crippen LogP contribution in [0.25, 0.3) is 0 Å². The van der Waals surface area contributed by atoms with Crippen LogP contribution in [-0.2, 0) is 26.2 Å². The zero-order valence-corrected chi connectivity index (χ0v) is 25.2. The number of benzene rings is 2. The molecule has 0 aliphatic heterocycles. The lowest BCUT2D eigenvalue weighted by molar-refractivity contribution is -0.141. The Bertz CT molecular complexity index is 1230. The molecule has 1 aliphatic carbocycles. The summed E-state index contributed by atoms with van der Waals surface area (Å²) in [5.74, 6) is -0.301. The fraction of sp³-hybridized carbons (Fsp3) is 0.533. The number of carbonyl (C=O) groups is 2. The van der Waals surface area contributed by atoms with E-state index >= 15 is 0 Å². The summed E-state index contributed by atoms with van der Waals surface area (Å²) in [6, 6.07) is 12.5. The molecule has 0 aromatic heterocycles. The summed E-state index contributed by atoms with van der Waals surface area (Å²) < 4.78 is 26.7. The Kier molecular flexibility index (Phi) is 11.2. The lowest BCUT2D eigenvalue weighted by Crippen LogP contribution is -2.51. The van der Waals surface area contributed by atoms with Crippen LogP contribution in [0.15, 0.2) is 42.5 Å². The molecule has 1 fully saturated rings. The Labute approximate surface area is 239 Å². The van der Waals surface area contributed by atoms with Crippen LogP contribution < -0.4 is 9.62 Å². The average molecular weight is 576 g/mol. The molecule has 0 heterocycles. The first-order chi connectivity index (χ1) is 18.5. The molecule has 39 heavy (non-hydrogen) atoms. The summed E-state index contributed by atoms with van der Waals surface area (Å²) in [5, 5.41) is 3.79. The standard InChI is InChI=1S/C30H42ClN3O4S/c1-5-27(30(36)32-26-10-7-6-8-11-26)33(21-24-15-17-25(31)18-16-24)29(35)12-9-19-34(39(4,37)38)28-20-22(2)13-14-23(28)3/h13-18,20,26-27H,5-12,19,21H2,1-4H3,(H,32,36)/t27-/m1/s1. The van der Waals surface area contributed by atoms with Crippen molar-refractivity contribution in [1.82, 2.24) is 10.2 Å². The molecular weight excluding hydrogens is 534 g/mol. The van der Waals surface area contributed by atoms with Gasteiger partial charge in [-0.25, -0.2) is 8.42 Å². The third kappa shape index (κ3) is 8.97. The molecule has 2 aromatic carbocycles. The van der Waals surface area contributed by atoms with Crippen LogP contribution in [0.5, 0.6) is 0 Å². The van der Waals surface area contributed by atoms with Crippen LogP contribution in [0.4, 0.5) is 5.69 Å². The highest BCUT2D eigenvalue weighted by molar-refractivity contribution is 7.92. The summed E-state index contributed by atoms with van der Waals surface area (Å²) >= 11 is 6.07. The Hall–Kier alpha value is -2.58. The van der Waals surface area contributed by atoms with E-state index in [9.17, 15) is 18.0 Å². The molecule has 2 amide bonds. The van der Waals surface area contributed by atoms with Gasteiger partial charge < -0.3 is 10.2 Å². The van der Waals surface area contributed by atoms with Crippen molar-refractivity contribution in [2.45, 2.75) is 90.8 Å². The van der Waals surface area contributed by atoms with E-state index in [1.807, 2.05) is 51.1 Å². The second-order valence-corrected chi connectivity index (χ2v) is 13.0. The second kappa shape index (κ2) is 14.2. The maximum absolute atomic E-state index is 13.7. The molecule has 0 radical (unpaired) electrons. The molecule has 0 unspecified atom stereocenters. The fourth-order valence-electron chi connectivity index (χ4n) is 5.22. The molecule has 1 atom stereocenters. The molecule has 9 heteroatoms. The van der Waals surface area contributed by atoms with Gasteiger partial charge >= 0.3 is 0 Å². The smallest absolute Gasteiger partial charge is 0.243 e. The highest BCUT2D eigenvalue weighted by atomic mass is 35.5. The minimum atomic E-state index is -3.55. The molecular formula is C30H42ClN3O4S. The normalized spacial score (nSPS) is 15.0. The van der Waals surface area contributed by atoms with Crippen LogP contribution >= 0.6 is 11.6 Å². The van der Waals surface area contributed by atoms with Crippen molar-refractivity contribution in [1.29, 1.82) is 0 Å². The molecule has 2 aromatic rings. The quantitative estimate of drug-likeness (QED) is 0.349. The van der Waals surface area contributed by atoms with Gasteiger partial charge in [-0.05, 0) is 74.4 Å². The van der Waals surface area contributed by atoms with Crippen molar-refractivity contribution in [2.75, 3.05) is 17.1 Å². The Morgan fingerprint density at radius 2 is 1.72 bits per heavy atom. The zero-order valence-electron chi connectivity index (χ0n) is 23.6. The number of amides is 2. The number of carbonyl (C=O) groups excluding carboxylic acids is 2. The lowest BCUT2D eigenvalue weighted by Gasteiger charge is -2.33. The second-order valence-electron chi connectivity index (χ2n) is 10.6. The van der Waals surface area contributed by atoms with Crippen molar-refractivity contribution in [2.24, 2.45) is 0 Å².